The second-order valence-corrected chi connectivity index (χ2v) is 18.8. The molecule has 16 rings (SSSR count). The van der Waals surface area contributed by atoms with E-state index < -0.39 is 6.17 Å². The minimum absolute atomic E-state index is 0.533. The van der Waals surface area contributed by atoms with Crippen molar-refractivity contribution in [3.05, 3.63) is 235 Å². The molecule has 72 heavy (non-hydrogen) atoms. The fraction of sp³-hybridized carbons (Fsp3) is 0.0154. The summed E-state index contributed by atoms with van der Waals surface area (Å²) < 4.78 is 22.0. The van der Waals surface area contributed by atoms with E-state index in [0.29, 0.717) is 11.7 Å². The molecule has 336 valence electrons. The van der Waals surface area contributed by atoms with Crippen molar-refractivity contribution in [3.8, 4) is 16.8 Å². The summed E-state index contributed by atoms with van der Waals surface area (Å²) in [5, 5.41) is 17.2. The summed E-state index contributed by atoms with van der Waals surface area (Å²) >= 11 is 0. The Kier molecular flexibility index (Phi) is 8.10. The summed E-state index contributed by atoms with van der Waals surface area (Å²) in [6.07, 6.45) is -0.533. The molecule has 1 aliphatic heterocycles. The number of aromatic nitrogens is 1. The van der Waals surface area contributed by atoms with Gasteiger partial charge in [0.1, 0.15) is 45.5 Å². The lowest BCUT2D eigenvalue weighted by Crippen LogP contribution is -2.33. The van der Waals surface area contributed by atoms with Gasteiger partial charge >= 0.3 is 0 Å². The monoisotopic (exact) mass is 922 g/mol. The van der Waals surface area contributed by atoms with Crippen molar-refractivity contribution < 1.29 is 13.3 Å². The third kappa shape index (κ3) is 5.67. The number of hydrogen-bond donors (Lipinski definition) is 1. The first-order valence-electron chi connectivity index (χ1n) is 24.3. The van der Waals surface area contributed by atoms with Gasteiger partial charge in [0, 0.05) is 65.3 Å². The van der Waals surface area contributed by atoms with Crippen LogP contribution in [0.3, 0.4) is 0 Å². The largest absolute Gasteiger partial charge is 0.456 e. The Morgan fingerprint density at radius 3 is 1.64 bits per heavy atom. The molecule has 1 aliphatic rings. The van der Waals surface area contributed by atoms with E-state index in [4.69, 9.17) is 23.2 Å². The number of furan rings is 3. The Labute approximate surface area is 410 Å². The van der Waals surface area contributed by atoms with Crippen molar-refractivity contribution in [1.29, 1.82) is 0 Å². The van der Waals surface area contributed by atoms with E-state index in [0.717, 1.165) is 110 Å². The topological polar surface area (TPSA) is 81.1 Å². The molecule has 1 atom stereocenters. The third-order valence-corrected chi connectivity index (χ3v) is 14.8. The molecule has 4 aromatic heterocycles. The lowest BCUT2D eigenvalue weighted by Gasteiger charge is -2.25. The van der Waals surface area contributed by atoms with Crippen molar-refractivity contribution in [2.24, 2.45) is 9.98 Å². The van der Waals surface area contributed by atoms with Crippen molar-refractivity contribution in [2.45, 2.75) is 6.17 Å². The van der Waals surface area contributed by atoms with Crippen molar-refractivity contribution >= 4 is 121 Å². The third-order valence-electron chi connectivity index (χ3n) is 14.8. The molecular formula is C65H38N4O3. The maximum atomic E-state index is 6.60. The maximum Gasteiger partial charge on any atom is 0.159 e. The Bertz CT molecular complexity index is 4870. The quantitative estimate of drug-likeness (QED) is 0.186. The van der Waals surface area contributed by atoms with Crippen LogP contribution in [0.1, 0.15) is 22.9 Å². The molecule has 7 nitrogen and oxygen atoms in total. The standard InChI is InChI=1S/C65H38N4O3/c1-2-16-39-36-52-49(34-38(39)15-1)59-41-17-4-3-14-37(41)30-33-51(59)69(52)50-32-31-40(35-48(50)42-21-11-27-56-60(42)43-18-5-8-24-53(43)70-56)63-66-64(46-22-12-28-57-61(46)44-19-6-9-25-54(44)71-57)68-65(67-63)47-23-13-29-58-62(47)45-20-7-10-26-55(45)72-58/h1-36,64H,(H,66,67,68). The van der Waals surface area contributed by atoms with Gasteiger partial charge in [-0.1, -0.05) is 146 Å². The van der Waals surface area contributed by atoms with Crippen LogP contribution in [0.15, 0.2) is 242 Å². The molecule has 0 fully saturated rings. The van der Waals surface area contributed by atoms with Crippen LogP contribution in [0.4, 0.5) is 0 Å². The molecule has 5 heterocycles. The van der Waals surface area contributed by atoms with E-state index in [1.54, 1.807) is 0 Å². The highest BCUT2D eigenvalue weighted by atomic mass is 16.3. The van der Waals surface area contributed by atoms with Crippen LogP contribution in [-0.2, 0) is 0 Å². The highest BCUT2D eigenvalue weighted by Crippen LogP contribution is 2.45. The minimum Gasteiger partial charge on any atom is -0.456 e. The van der Waals surface area contributed by atoms with Crippen LogP contribution in [0.2, 0.25) is 0 Å². The van der Waals surface area contributed by atoms with Gasteiger partial charge in [-0.05, 0) is 99.9 Å². The number of fused-ring (bicyclic) bond motifs is 15. The molecule has 0 bridgehead atoms. The lowest BCUT2D eigenvalue weighted by atomic mass is 9.95. The number of nitrogens with zero attached hydrogens (tertiary/aromatic N) is 3. The number of aliphatic imine (C=N–C) groups is 2. The summed E-state index contributed by atoms with van der Waals surface area (Å²) in [4.78, 5) is 11.1. The number of para-hydroxylation sites is 3. The van der Waals surface area contributed by atoms with Gasteiger partial charge in [0.2, 0.25) is 0 Å². The maximum absolute atomic E-state index is 6.60. The van der Waals surface area contributed by atoms with Crippen LogP contribution in [0.5, 0.6) is 0 Å². The molecule has 0 saturated heterocycles. The summed E-state index contributed by atoms with van der Waals surface area (Å²) in [6.45, 7) is 0. The van der Waals surface area contributed by atoms with Gasteiger partial charge < -0.3 is 23.1 Å². The minimum atomic E-state index is -0.533. The van der Waals surface area contributed by atoms with Gasteiger partial charge in [0.25, 0.3) is 0 Å². The fourth-order valence-electron chi connectivity index (χ4n) is 11.7. The Morgan fingerprint density at radius 1 is 0.375 bits per heavy atom. The molecule has 1 unspecified atom stereocenters. The van der Waals surface area contributed by atoms with E-state index in [-0.39, 0.29) is 0 Å². The van der Waals surface area contributed by atoms with Gasteiger partial charge in [0.15, 0.2) is 5.84 Å². The second-order valence-electron chi connectivity index (χ2n) is 18.8. The number of rotatable bonds is 5. The van der Waals surface area contributed by atoms with Crippen LogP contribution >= 0.6 is 0 Å². The van der Waals surface area contributed by atoms with Gasteiger partial charge in [-0.25, -0.2) is 9.98 Å². The molecule has 15 aromatic rings. The second kappa shape index (κ2) is 14.9. The van der Waals surface area contributed by atoms with E-state index >= 15 is 0 Å². The first-order chi connectivity index (χ1) is 35.7. The first-order valence-corrected chi connectivity index (χ1v) is 24.3. The van der Waals surface area contributed by atoms with Crippen LogP contribution in [-0.4, -0.2) is 16.2 Å². The van der Waals surface area contributed by atoms with E-state index in [1.807, 2.05) is 60.7 Å². The molecule has 0 saturated carbocycles. The van der Waals surface area contributed by atoms with Crippen LogP contribution in [0.25, 0.3) is 126 Å². The van der Waals surface area contributed by atoms with Gasteiger partial charge in [-0.2, -0.15) is 0 Å². The molecule has 0 spiro atoms. The van der Waals surface area contributed by atoms with E-state index in [1.165, 1.54) is 32.3 Å². The Hall–Kier alpha value is -9.72. The van der Waals surface area contributed by atoms with Gasteiger partial charge in [-0.15, -0.1) is 0 Å². The first kappa shape index (κ1) is 39.2. The van der Waals surface area contributed by atoms with Gasteiger partial charge in [0.05, 0.1) is 16.7 Å². The molecule has 1 N–H and O–H groups in total. The molecule has 7 heteroatoms. The normalized spacial score (nSPS) is 14.2. The predicted octanol–water partition coefficient (Wildman–Crippen LogP) is 17.0. The average Bonchev–Trinajstić information content (AvgIpc) is 4.21. The van der Waals surface area contributed by atoms with E-state index in [9.17, 15) is 0 Å². The van der Waals surface area contributed by atoms with Crippen molar-refractivity contribution in [1.82, 2.24) is 9.88 Å². The zero-order valence-electron chi connectivity index (χ0n) is 38.4. The smallest absolute Gasteiger partial charge is 0.159 e. The van der Waals surface area contributed by atoms with Crippen LogP contribution in [0, 0.1) is 0 Å². The fourth-order valence-corrected chi connectivity index (χ4v) is 11.7. The predicted molar refractivity (Wildman–Crippen MR) is 295 cm³/mol. The molecular weight excluding hydrogens is 885 g/mol. The number of amidine groups is 2. The highest BCUT2D eigenvalue weighted by molar-refractivity contribution is 6.25. The van der Waals surface area contributed by atoms with Crippen LogP contribution < -0.4 is 5.32 Å². The highest BCUT2D eigenvalue weighted by Gasteiger charge is 2.28. The summed E-state index contributed by atoms with van der Waals surface area (Å²) in [5.41, 5.74) is 13.0. The average molecular weight is 923 g/mol. The zero-order chi connectivity index (χ0) is 47.0. The number of hydrogen-bond acceptors (Lipinski definition) is 6. The molecule has 11 aromatic carbocycles. The summed E-state index contributed by atoms with van der Waals surface area (Å²) in [5.74, 6) is 1.29. The molecule has 0 amide bonds. The Morgan fingerprint density at radius 2 is 0.931 bits per heavy atom. The van der Waals surface area contributed by atoms with E-state index in [2.05, 4.69) is 168 Å². The SMILES string of the molecule is c1ccc2cc3c(cc2c1)c1c2ccccc2ccc1n3-c1ccc(C2=NC(c3cccc4oc5ccccc5c34)NC(c3cccc4oc5ccccc5c34)=N2)cc1-c1cccc2oc3ccccc3c12. The number of benzene rings is 11. The number of nitrogens with one attached hydrogen (secondary N) is 1. The molecule has 0 aliphatic carbocycles. The lowest BCUT2D eigenvalue weighted by molar-refractivity contribution is 0.662. The van der Waals surface area contributed by atoms with Gasteiger partial charge in [-0.3, -0.25) is 0 Å². The zero-order valence-corrected chi connectivity index (χ0v) is 38.4. The van der Waals surface area contributed by atoms with Crippen molar-refractivity contribution in [2.75, 3.05) is 0 Å². The molecule has 0 radical (unpaired) electrons. The Balaban J connectivity index is 0.999. The summed E-state index contributed by atoms with van der Waals surface area (Å²) in [6, 6.07) is 76.9. The van der Waals surface area contributed by atoms with Crippen molar-refractivity contribution in [3.63, 3.8) is 0 Å². The summed E-state index contributed by atoms with van der Waals surface area (Å²) in [7, 11) is 0.